The highest BCUT2D eigenvalue weighted by molar-refractivity contribution is 5.79. The zero-order valence-electron chi connectivity index (χ0n) is 14.7. The lowest BCUT2D eigenvalue weighted by molar-refractivity contribution is -0.136. The first-order valence-corrected chi connectivity index (χ1v) is 9.53. The molecular weight excluding hydrogens is 300 g/mol. The molecule has 1 aromatic heterocycles. The lowest BCUT2D eigenvalue weighted by Gasteiger charge is -2.33. The standard InChI is InChI=1S/C19H28N4O/c1-22-9-8-17-16(13-22)12-20-18(21-17)14-6-10-23(11-7-14)19(24)15-4-2-3-5-15/h12,14-15H,2-11,13H2,1H3. The average molecular weight is 328 g/mol. The van der Waals surface area contributed by atoms with Crippen molar-refractivity contribution in [3.8, 4) is 0 Å². The van der Waals surface area contributed by atoms with E-state index < -0.39 is 0 Å². The second-order valence-corrected chi connectivity index (χ2v) is 7.77. The minimum absolute atomic E-state index is 0.304. The van der Waals surface area contributed by atoms with Crippen molar-refractivity contribution < 1.29 is 4.79 Å². The van der Waals surface area contributed by atoms with Crippen LogP contribution in [0.15, 0.2) is 6.20 Å². The fraction of sp³-hybridized carbons (Fsp3) is 0.737. The number of carbonyl (C=O) groups excluding carboxylic acids is 1. The summed E-state index contributed by atoms with van der Waals surface area (Å²) in [7, 11) is 2.15. The van der Waals surface area contributed by atoms with E-state index in [-0.39, 0.29) is 0 Å². The molecule has 0 unspecified atom stereocenters. The van der Waals surface area contributed by atoms with Crippen molar-refractivity contribution in [3.05, 3.63) is 23.3 Å². The Labute approximate surface area is 144 Å². The Morgan fingerprint density at radius 3 is 2.62 bits per heavy atom. The van der Waals surface area contributed by atoms with Crippen molar-refractivity contribution in [2.45, 2.75) is 57.4 Å². The van der Waals surface area contributed by atoms with Crippen molar-refractivity contribution in [3.63, 3.8) is 0 Å². The molecule has 2 aliphatic heterocycles. The quantitative estimate of drug-likeness (QED) is 0.836. The molecule has 3 heterocycles. The van der Waals surface area contributed by atoms with Gasteiger partial charge in [-0.25, -0.2) is 9.97 Å². The molecule has 0 spiro atoms. The average Bonchev–Trinajstić information content (AvgIpc) is 3.15. The van der Waals surface area contributed by atoms with Gasteiger partial charge >= 0.3 is 0 Å². The summed E-state index contributed by atoms with van der Waals surface area (Å²) in [5.74, 6) is 2.13. The van der Waals surface area contributed by atoms with Crippen LogP contribution < -0.4 is 0 Å². The van der Waals surface area contributed by atoms with E-state index in [4.69, 9.17) is 4.98 Å². The van der Waals surface area contributed by atoms with Crippen LogP contribution >= 0.6 is 0 Å². The summed E-state index contributed by atoms with van der Waals surface area (Å²) >= 11 is 0. The second kappa shape index (κ2) is 6.79. The number of rotatable bonds is 2. The zero-order chi connectivity index (χ0) is 16.5. The molecule has 0 radical (unpaired) electrons. The van der Waals surface area contributed by atoms with E-state index >= 15 is 0 Å². The summed E-state index contributed by atoms with van der Waals surface area (Å²) in [4.78, 5) is 26.5. The lowest BCUT2D eigenvalue weighted by atomic mass is 9.94. The minimum atomic E-state index is 0.304. The van der Waals surface area contributed by atoms with Crippen molar-refractivity contribution in [1.29, 1.82) is 0 Å². The highest BCUT2D eigenvalue weighted by atomic mass is 16.2. The van der Waals surface area contributed by atoms with Gasteiger partial charge in [0.1, 0.15) is 5.82 Å². The first kappa shape index (κ1) is 16.0. The summed E-state index contributed by atoms with van der Waals surface area (Å²) < 4.78 is 0. The van der Waals surface area contributed by atoms with Gasteiger partial charge in [0.25, 0.3) is 0 Å². The van der Waals surface area contributed by atoms with Crippen LogP contribution in [0.25, 0.3) is 0 Å². The van der Waals surface area contributed by atoms with E-state index in [1.165, 1.54) is 24.1 Å². The van der Waals surface area contributed by atoms with Gasteiger partial charge in [0, 0.05) is 61.9 Å². The number of carbonyl (C=O) groups is 1. The topological polar surface area (TPSA) is 49.3 Å². The van der Waals surface area contributed by atoms with E-state index in [0.29, 0.717) is 17.7 Å². The number of amides is 1. The predicted molar refractivity (Wildman–Crippen MR) is 92.6 cm³/mol. The molecule has 5 heteroatoms. The van der Waals surface area contributed by atoms with Crippen LogP contribution in [0, 0.1) is 5.92 Å². The van der Waals surface area contributed by atoms with Crippen LogP contribution in [0.2, 0.25) is 0 Å². The molecule has 1 aromatic rings. The molecular formula is C19H28N4O. The van der Waals surface area contributed by atoms with Crippen LogP contribution in [0.4, 0.5) is 0 Å². The molecule has 3 aliphatic rings. The molecule has 5 nitrogen and oxygen atoms in total. The first-order valence-electron chi connectivity index (χ1n) is 9.53. The summed E-state index contributed by atoms with van der Waals surface area (Å²) in [6, 6.07) is 0. The second-order valence-electron chi connectivity index (χ2n) is 7.77. The number of likely N-dealkylation sites (tertiary alicyclic amines) is 1. The van der Waals surface area contributed by atoms with E-state index in [9.17, 15) is 4.79 Å². The van der Waals surface area contributed by atoms with Gasteiger partial charge in [-0.15, -0.1) is 0 Å². The summed E-state index contributed by atoms with van der Waals surface area (Å²) in [6.07, 6.45) is 9.73. The first-order chi connectivity index (χ1) is 11.7. The van der Waals surface area contributed by atoms with Gasteiger partial charge in [-0.3, -0.25) is 4.79 Å². The smallest absolute Gasteiger partial charge is 0.225 e. The van der Waals surface area contributed by atoms with Crippen LogP contribution in [0.5, 0.6) is 0 Å². The third-order valence-corrected chi connectivity index (χ3v) is 6.02. The van der Waals surface area contributed by atoms with Gasteiger partial charge in [0.15, 0.2) is 0 Å². The summed E-state index contributed by atoms with van der Waals surface area (Å²) in [5, 5.41) is 0. The van der Waals surface area contributed by atoms with Crippen LogP contribution in [-0.2, 0) is 17.8 Å². The monoisotopic (exact) mass is 328 g/mol. The molecule has 1 aliphatic carbocycles. The maximum Gasteiger partial charge on any atom is 0.225 e. The van der Waals surface area contributed by atoms with E-state index in [2.05, 4.69) is 21.8 Å². The Balaban J connectivity index is 1.38. The largest absolute Gasteiger partial charge is 0.342 e. The number of aromatic nitrogens is 2. The van der Waals surface area contributed by atoms with Gasteiger partial charge < -0.3 is 9.80 Å². The number of likely N-dealkylation sites (N-methyl/N-ethyl adjacent to an activating group) is 1. The zero-order valence-corrected chi connectivity index (χ0v) is 14.7. The molecule has 1 saturated heterocycles. The molecule has 0 aromatic carbocycles. The van der Waals surface area contributed by atoms with Crippen LogP contribution in [0.3, 0.4) is 0 Å². The fourth-order valence-electron chi connectivity index (χ4n) is 4.46. The van der Waals surface area contributed by atoms with Crippen molar-refractivity contribution in [1.82, 2.24) is 19.8 Å². The minimum Gasteiger partial charge on any atom is -0.342 e. The van der Waals surface area contributed by atoms with Crippen LogP contribution in [-0.4, -0.2) is 52.4 Å². The Hall–Kier alpha value is -1.49. The highest BCUT2D eigenvalue weighted by Gasteiger charge is 2.31. The lowest BCUT2D eigenvalue weighted by Crippen LogP contribution is -2.41. The molecule has 24 heavy (non-hydrogen) atoms. The Morgan fingerprint density at radius 2 is 1.88 bits per heavy atom. The molecule has 1 amide bonds. The number of piperidine rings is 1. The molecule has 2 fully saturated rings. The number of fused-ring (bicyclic) bond motifs is 1. The van der Waals surface area contributed by atoms with Gasteiger partial charge in [-0.05, 0) is 32.7 Å². The van der Waals surface area contributed by atoms with Crippen molar-refractivity contribution in [2.75, 3.05) is 26.7 Å². The molecule has 0 bridgehead atoms. The molecule has 130 valence electrons. The van der Waals surface area contributed by atoms with Crippen LogP contribution in [0.1, 0.15) is 61.5 Å². The Kier molecular flexibility index (Phi) is 4.53. The van der Waals surface area contributed by atoms with E-state index in [1.54, 1.807) is 0 Å². The Morgan fingerprint density at radius 1 is 1.12 bits per heavy atom. The summed E-state index contributed by atoms with van der Waals surface area (Å²) in [5.41, 5.74) is 2.52. The molecule has 1 saturated carbocycles. The predicted octanol–water partition coefficient (Wildman–Crippen LogP) is 2.36. The SMILES string of the molecule is CN1CCc2nc(C3CCN(C(=O)C4CCCC4)CC3)ncc2C1. The fourth-order valence-corrected chi connectivity index (χ4v) is 4.46. The maximum absolute atomic E-state index is 12.6. The summed E-state index contributed by atoms with van der Waals surface area (Å²) in [6.45, 7) is 3.80. The van der Waals surface area contributed by atoms with Crippen molar-refractivity contribution in [2.24, 2.45) is 5.92 Å². The van der Waals surface area contributed by atoms with Gasteiger partial charge in [-0.2, -0.15) is 0 Å². The maximum atomic E-state index is 12.6. The third-order valence-electron chi connectivity index (χ3n) is 6.02. The van der Waals surface area contributed by atoms with Gasteiger partial charge in [0.05, 0.1) is 0 Å². The van der Waals surface area contributed by atoms with Gasteiger partial charge in [0.2, 0.25) is 5.91 Å². The van der Waals surface area contributed by atoms with E-state index in [0.717, 1.165) is 64.1 Å². The van der Waals surface area contributed by atoms with Crippen molar-refractivity contribution >= 4 is 5.91 Å². The number of nitrogens with zero attached hydrogens (tertiary/aromatic N) is 4. The third kappa shape index (κ3) is 3.18. The molecule has 0 N–H and O–H groups in total. The Bertz CT molecular complexity index is 603. The normalized spacial score (nSPS) is 23.5. The number of hydrogen-bond acceptors (Lipinski definition) is 4. The van der Waals surface area contributed by atoms with Gasteiger partial charge in [-0.1, -0.05) is 12.8 Å². The number of hydrogen-bond donors (Lipinski definition) is 0. The highest BCUT2D eigenvalue weighted by Crippen LogP contribution is 2.31. The van der Waals surface area contributed by atoms with E-state index in [1.807, 2.05) is 6.20 Å². The molecule has 0 atom stereocenters. The molecule has 4 rings (SSSR count).